The lowest BCUT2D eigenvalue weighted by molar-refractivity contribution is 0.0782. The van der Waals surface area contributed by atoms with E-state index in [0.29, 0.717) is 18.2 Å². The van der Waals surface area contributed by atoms with E-state index in [-0.39, 0.29) is 10.4 Å². The number of hydrogen-bond donors (Lipinski definition) is 1. The molecule has 1 heterocycles. The van der Waals surface area contributed by atoms with Crippen molar-refractivity contribution in [2.24, 2.45) is 0 Å². The van der Waals surface area contributed by atoms with Crippen LogP contribution in [0.1, 0.15) is 23.2 Å². The molecule has 0 spiro atoms. The summed E-state index contributed by atoms with van der Waals surface area (Å²) in [6.45, 7) is 1.66. The first-order valence-electron chi connectivity index (χ1n) is 6.02. The molecule has 0 bridgehead atoms. The normalized spacial score (nSPS) is 18.9. The van der Waals surface area contributed by atoms with Crippen LogP contribution in [-0.2, 0) is 0 Å². The fourth-order valence-corrected chi connectivity index (χ4v) is 2.63. The summed E-state index contributed by atoms with van der Waals surface area (Å²) in [6.07, 6.45) is 2.23. The largest absolute Gasteiger partial charge is 0.340 e. The maximum Gasteiger partial charge on any atom is 0.254 e. The van der Waals surface area contributed by atoms with E-state index >= 15 is 0 Å². The highest BCUT2D eigenvalue weighted by Crippen LogP contribution is 2.21. The summed E-state index contributed by atoms with van der Waals surface area (Å²) >= 11 is 3.12. The quantitative estimate of drug-likeness (QED) is 0.929. The van der Waals surface area contributed by atoms with Crippen LogP contribution in [-0.4, -0.2) is 37.0 Å². The summed E-state index contributed by atoms with van der Waals surface area (Å²) in [7, 11) is 1.75. The van der Waals surface area contributed by atoms with Crippen LogP contribution in [0.25, 0.3) is 0 Å². The van der Waals surface area contributed by atoms with Crippen LogP contribution in [0.5, 0.6) is 0 Å². The average molecular weight is 315 g/mol. The fourth-order valence-electron chi connectivity index (χ4n) is 2.20. The molecular weight excluding hydrogens is 299 g/mol. The first kappa shape index (κ1) is 13.5. The first-order valence-corrected chi connectivity index (χ1v) is 6.81. The van der Waals surface area contributed by atoms with Gasteiger partial charge in [-0.1, -0.05) is 6.07 Å². The Kier molecular flexibility index (Phi) is 4.35. The van der Waals surface area contributed by atoms with Crippen molar-refractivity contribution in [2.75, 3.05) is 20.1 Å². The van der Waals surface area contributed by atoms with E-state index in [1.54, 1.807) is 24.1 Å². The van der Waals surface area contributed by atoms with Gasteiger partial charge in [-0.15, -0.1) is 0 Å². The van der Waals surface area contributed by atoms with E-state index in [4.69, 9.17) is 0 Å². The summed E-state index contributed by atoms with van der Waals surface area (Å²) in [5.74, 6) is -0.566. The highest BCUT2D eigenvalue weighted by atomic mass is 79.9. The Labute approximate surface area is 114 Å². The number of halogens is 2. The van der Waals surface area contributed by atoms with Gasteiger partial charge in [0.05, 0.1) is 10.0 Å². The van der Waals surface area contributed by atoms with Gasteiger partial charge in [0.2, 0.25) is 0 Å². The minimum absolute atomic E-state index is 0.157. The number of likely N-dealkylation sites (N-methyl/N-ethyl adjacent to an activating group) is 1. The van der Waals surface area contributed by atoms with Gasteiger partial charge in [-0.2, -0.15) is 0 Å². The van der Waals surface area contributed by atoms with Crippen LogP contribution in [0.3, 0.4) is 0 Å². The number of hydrogen-bond acceptors (Lipinski definition) is 2. The lowest BCUT2D eigenvalue weighted by Crippen LogP contribution is -2.38. The van der Waals surface area contributed by atoms with Crippen molar-refractivity contribution >= 4 is 21.8 Å². The van der Waals surface area contributed by atoms with E-state index in [0.717, 1.165) is 19.4 Å². The molecule has 1 aliphatic rings. The number of benzene rings is 1. The molecule has 1 saturated heterocycles. The van der Waals surface area contributed by atoms with Gasteiger partial charge in [0.1, 0.15) is 5.82 Å². The summed E-state index contributed by atoms with van der Waals surface area (Å²) < 4.78 is 13.6. The Hall–Kier alpha value is -0.940. The molecule has 0 aromatic heterocycles. The molecule has 1 unspecified atom stereocenters. The Morgan fingerprint density at radius 1 is 1.61 bits per heavy atom. The third kappa shape index (κ3) is 2.90. The van der Waals surface area contributed by atoms with Crippen LogP contribution in [0.15, 0.2) is 22.7 Å². The molecule has 3 nitrogen and oxygen atoms in total. The lowest BCUT2D eigenvalue weighted by atomic mass is 10.1. The molecule has 1 aromatic carbocycles. The SMILES string of the molecule is CN(CC1CCCN1)C(=O)c1cccc(F)c1Br. The number of rotatable bonds is 3. The molecule has 18 heavy (non-hydrogen) atoms. The maximum atomic E-state index is 13.4. The van der Waals surface area contributed by atoms with Crippen molar-refractivity contribution in [3.63, 3.8) is 0 Å². The van der Waals surface area contributed by atoms with Gasteiger partial charge < -0.3 is 10.2 Å². The van der Waals surface area contributed by atoms with Crippen molar-refractivity contribution in [1.82, 2.24) is 10.2 Å². The lowest BCUT2D eigenvalue weighted by Gasteiger charge is -2.22. The van der Waals surface area contributed by atoms with Crippen LogP contribution in [0.2, 0.25) is 0 Å². The molecule has 1 N–H and O–H groups in total. The fraction of sp³-hybridized carbons (Fsp3) is 0.462. The van der Waals surface area contributed by atoms with Gasteiger partial charge in [-0.25, -0.2) is 4.39 Å². The number of nitrogens with one attached hydrogen (secondary N) is 1. The van der Waals surface area contributed by atoms with Crippen molar-refractivity contribution in [3.05, 3.63) is 34.1 Å². The monoisotopic (exact) mass is 314 g/mol. The second kappa shape index (κ2) is 5.80. The predicted molar refractivity (Wildman–Crippen MR) is 72.1 cm³/mol. The second-order valence-electron chi connectivity index (χ2n) is 4.58. The van der Waals surface area contributed by atoms with E-state index in [1.807, 2.05) is 0 Å². The average Bonchev–Trinajstić information content (AvgIpc) is 2.84. The Balaban J connectivity index is 2.07. The van der Waals surface area contributed by atoms with Crippen LogP contribution < -0.4 is 5.32 Å². The molecule has 0 aliphatic carbocycles. The van der Waals surface area contributed by atoms with Gasteiger partial charge in [0, 0.05) is 19.6 Å². The third-order valence-electron chi connectivity index (χ3n) is 3.19. The predicted octanol–water partition coefficient (Wildman–Crippen LogP) is 2.41. The second-order valence-corrected chi connectivity index (χ2v) is 5.37. The minimum atomic E-state index is -0.409. The molecule has 0 saturated carbocycles. The topological polar surface area (TPSA) is 32.3 Å². The van der Waals surface area contributed by atoms with Crippen LogP contribution in [0, 0.1) is 5.82 Å². The van der Waals surface area contributed by atoms with E-state index in [9.17, 15) is 9.18 Å². The molecule has 98 valence electrons. The number of nitrogens with zero attached hydrogens (tertiary/aromatic N) is 1. The van der Waals surface area contributed by atoms with E-state index < -0.39 is 5.82 Å². The summed E-state index contributed by atoms with van der Waals surface area (Å²) in [5, 5.41) is 3.34. The third-order valence-corrected chi connectivity index (χ3v) is 3.99. The van der Waals surface area contributed by atoms with Crippen molar-refractivity contribution in [3.8, 4) is 0 Å². The van der Waals surface area contributed by atoms with Gasteiger partial charge in [0.15, 0.2) is 0 Å². The number of amides is 1. The first-order chi connectivity index (χ1) is 8.59. The van der Waals surface area contributed by atoms with Crippen LogP contribution in [0.4, 0.5) is 4.39 Å². The Morgan fingerprint density at radius 2 is 2.39 bits per heavy atom. The summed E-state index contributed by atoms with van der Waals surface area (Å²) in [4.78, 5) is 13.8. The van der Waals surface area contributed by atoms with Crippen LogP contribution >= 0.6 is 15.9 Å². The smallest absolute Gasteiger partial charge is 0.254 e. The maximum absolute atomic E-state index is 13.4. The highest BCUT2D eigenvalue weighted by molar-refractivity contribution is 9.10. The minimum Gasteiger partial charge on any atom is -0.340 e. The zero-order chi connectivity index (χ0) is 13.1. The zero-order valence-corrected chi connectivity index (χ0v) is 11.8. The van der Waals surface area contributed by atoms with Gasteiger partial charge in [-0.3, -0.25) is 4.79 Å². The molecule has 2 rings (SSSR count). The Bertz CT molecular complexity index is 447. The van der Waals surface area contributed by atoms with Crippen molar-refractivity contribution in [2.45, 2.75) is 18.9 Å². The van der Waals surface area contributed by atoms with Gasteiger partial charge >= 0.3 is 0 Å². The molecule has 1 aromatic rings. The summed E-state index contributed by atoms with van der Waals surface area (Å²) in [5.41, 5.74) is 0.371. The highest BCUT2D eigenvalue weighted by Gasteiger charge is 2.21. The molecule has 1 fully saturated rings. The molecule has 1 atom stereocenters. The van der Waals surface area contributed by atoms with Gasteiger partial charge in [0.25, 0.3) is 5.91 Å². The van der Waals surface area contributed by atoms with E-state index in [2.05, 4.69) is 21.2 Å². The summed E-state index contributed by atoms with van der Waals surface area (Å²) in [6, 6.07) is 4.87. The molecule has 5 heteroatoms. The molecule has 1 aliphatic heterocycles. The molecule has 1 amide bonds. The van der Waals surface area contributed by atoms with Gasteiger partial charge in [-0.05, 0) is 47.4 Å². The van der Waals surface area contributed by atoms with Crippen molar-refractivity contribution < 1.29 is 9.18 Å². The number of carbonyl (C=O) groups is 1. The van der Waals surface area contributed by atoms with Crippen molar-refractivity contribution in [1.29, 1.82) is 0 Å². The zero-order valence-electron chi connectivity index (χ0n) is 10.2. The standard InChI is InChI=1S/C13H16BrFN2O/c1-17(8-9-4-3-7-16-9)13(18)10-5-2-6-11(15)12(10)14/h2,5-6,9,16H,3-4,7-8H2,1H3. The molecular formula is C13H16BrFN2O. The Morgan fingerprint density at radius 3 is 3.06 bits per heavy atom. The van der Waals surface area contributed by atoms with E-state index in [1.165, 1.54) is 6.07 Å². The molecule has 0 radical (unpaired) electrons. The number of carbonyl (C=O) groups excluding carboxylic acids is 1.